The summed E-state index contributed by atoms with van der Waals surface area (Å²) in [5.74, 6) is 1.49. The Labute approximate surface area is 571 Å². The maximum atomic E-state index is 9.91. The van der Waals surface area contributed by atoms with Gasteiger partial charge in [0.05, 0.1) is 24.0 Å². The second kappa shape index (κ2) is 35.3. The summed E-state index contributed by atoms with van der Waals surface area (Å²) in [4.78, 5) is 25.0. The van der Waals surface area contributed by atoms with Gasteiger partial charge in [0.1, 0.15) is 16.5 Å². The monoisotopic (exact) mass is 1670 g/mol. The molecule has 0 spiro atoms. The first kappa shape index (κ1) is 79.9. The second-order valence-electron chi connectivity index (χ2n) is 17.1. The topological polar surface area (TPSA) is 106 Å². The number of halogens is 19. The summed E-state index contributed by atoms with van der Waals surface area (Å²) in [6.45, 7) is 4.00. The molecular weight excluding hydrogens is 1620 g/mol. The summed E-state index contributed by atoms with van der Waals surface area (Å²) >= 11 is 33.9. The third kappa shape index (κ3) is 34.4. The van der Waals surface area contributed by atoms with Crippen molar-refractivity contribution in [3.05, 3.63) is 254 Å². The Morgan fingerprint density at radius 3 is 1.23 bits per heavy atom. The molecule has 3 aromatic heterocycles. The van der Waals surface area contributed by atoms with Gasteiger partial charge in [0.15, 0.2) is 30.2 Å². The van der Waals surface area contributed by atoms with Gasteiger partial charge in [0.2, 0.25) is 7.59 Å². The standard InChI is InChI=1S/C21H16N2.C12H7Cl6N3O.C12H10I.C7H5NOS.C6H6S.C2H6.F6P.6FH.Sb/c1-4-10-16(11-5-1)19-20(17-12-6-2-7-13-17)23-21(22-19)18-14-8-3-9-15-18;1-22-7-4-2-6(3-5-7)8-19-9(11(13,14)15)21-10(20-8)12(16,17)18;1-3-7-11(8-4-1)13-12-9-5-2-6-10-12;10-7-8-5-3-1-2-4-6(5)9-7;7-6-4-2-1-3-5-6;1-2;1-7(2,3,4,5)6;;;;;;;/h1-15H,(H,22,23);2-5H,1H3;1-10H;1-4H,(H,8,10);1-5,7H;1-2H3;;6*1H;/q;;+1;;;;-1;;;;;;;+5/p-5. The molecule has 0 aliphatic heterocycles. The molecule has 0 unspecified atom stereocenters. The third-order valence-electron chi connectivity index (χ3n) is 10.1. The number of hydrogen-bond donors (Lipinski definition) is 2. The fourth-order valence-electron chi connectivity index (χ4n) is 6.64. The number of nitrogens with one attached hydrogen (secondary N) is 2. The SMILES string of the molecule is CC.COc1ccc(-c2nc(C(Cl)(Cl)Cl)nc(C(Cl)(Cl)Cl)n2)cc1.F[P-](F)(F)(F)(F)F.S=c1[nH]c2ccccc2o1.[F-].[F][Sb]([F])([F])([F])[F].[SH2+]c1ccccc1.c1ccc(-c2nc(-c3ccccc3)c(-c3ccccc3)[nH]2)cc1.c1ccc([I+]c2ccccc2)cc1. The maximum absolute atomic E-state index is 10.7. The molecule has 0 saturated carbocycles. The van der Waals surface area contributed by atoms with E-state index in [0.717, 1.165) is 49.9 Å². The molecule has 0 radical (unpaired) electrons. The first-order chi connectivity index (χ1) is 41.9. The molecule has 0 bridgehead atoms. The van der Waals surface area contributed by atoms with Crippen molar-refractivity contribution in [1.29, 1.82) is 0 Å². The first-order valence-electron chi connectivity index (χ1n) is 25.5. The van der Waals surface area contributed by atoms with Crippen molar-refractivity contribution in [2.75, 3.05) is 7.11 Å². The molecule has 0 fully saturated rings. The van der Waals surface area contributed by atoms with E-state index < -0.39 is 35.7 Å². The number of benzene rings is 8. The number of rotatable bonds is 7. The number of ether oxygens (including phenoxy) is 1. The van der Waals surface area contributed by atoms with Crippen molar-refractivity contribution < 1.29 is 74.3 Å². The fraction of sp³-hybridized carbons (Fsp3) is 0.0833. The molecule has 0 amide bonds. The molecule has 0 aliphatic carbocycles. The van der Waals surface area contributed by atoms with Crippen LogP contribution in [0.2, 0.25) is 0 Å². The van der Waals surface area contributed by atoms with E-state index in [4.69, 9.17) is 96.0 Å². The molecule has 0 aliphatic rings. The zero-order valence-corrected chi connectivity index (χ0v) is 59.0. The fourth-order valence-corrected chi connectivity index (χ4v) is 9.81. The number of oxazole rings is 1. The van der Waals surface area contributed by atoms with Crippen molar-refractivity contribution >= 4 is 134 Å². The van der Waals surface area contributed by atoms with Crippen LogP contribution in [0.1, 0.15) is 25.5 Å². The van der Waals surface area contributed by atoms with Crippen LogP contribution in [0.4, 0.5) is 39.2 Å². The van der Waals surface area contributed by atoms with Gasteiger partial charge in [-0.05, 0) is 97.6 Å². The normalized spacial score (nSPS) is 12.0. The van der Waals surface area contributed by atoms with Crippen LogP contribution in [0.15, 0.2) is 240 Å². The Bertz CT molecular complexity index is 3780. The average molecular weight is 1670 g/mol. The summed E-state index contributed by atoms with van der Waals surface area (Å²) in [6.07, 6.45) is 0. The molecule has 91 heavy (non-hydrogen) atoms. The molecule has 11 rings (SSSR count). The molecule has 8 nitrogen and oxygen atoms in total. The molecule has 8 aromatic carbocycles. The number of nitrogens with zero attached hydrogens (tertiary/aromatic N) is 4. The number of H-pyrrole nitrogens is 2. The minimum atomic E-state index is -10.7. The largest absolute Gasteiger partial charge is 0.357 e. The zero-order chi connectivity index (χ0) is 66.9. The van der Waals surface area contributed by atoms with Gasteiger partial charge in [-0.15, -0.1) is 0 Å². The van der Waals surface area contributed by atoms with Crippen LogP contribution < -0.4 is 30.6 Å². The van der Waals surface area contributed by atoms with Crippen LogP contribution in [-0.4, -0.2) is 57.3 Å². The number of hydrogen-bond acceptors (Lipinski definition) is 7. The summed E-state index contributed by atoms with van der Waals surface area (Å²) in [6, 6.07) is 76.8. The quantitative estimate of drug-likeness (QED) is 0.0311. The van der Waals surface area contributed by atoms with E-state index in [-0.39, 0.29) is 43.4 Å². The van der Waals surface area contributed by atoms with E-state index in [1.54, 1.807) is 31.4 Å². The van der Waals surface area contributed by atoms with Gasteiger partial charge in [-0.1, -0.05) is 241 Å². The average Bonchev–Trinajstić information content (AvgIpc) is 1.88. The van der Waals surface area contributed by atoms with E-state index >= 15 is 0 Å². The number of aromatic amines is 2. The summed E-state index contributed by atoms with van der Waals surface area (Å²) in [7, 11) is -9.10. The summed E-state index contributed by atoms with van der Waals surface area (Å²) < 4.78 is 118. The van der Waals surface area contributed by atoms with Crippen molar-refractivity contribution in [2.24, 2.45) is 0 Å². The molecule has 2 N–H and O–H groups in total. The number of alkyl halides is 6. The smallest absolute Gasteiger partial charge is 0.337 e. The zero-order valence-electron chi connectivity index (χ0n) is 47.0. The Hall–Kier alpha value is -5.30. The third-order valence-corrected chi connectivity index (χ3v) is 14.4. The number of para-hydroxylation sites is 2. The Kier molecular flexibility index (Phi) is 31.0. The van der Waals surface area contributed by atoms with E-state index in [0.29, 0.717) is 16.2 Å². The first-order valence-corrected chi connectivity index (χ1v) is 37.7. The van der Waals surface area contributed by atoms with Gasteiger partial charge >= 0.3 is 88.6 Å². The second-order valence-corrected chi connectivity index (χ2v) is 31.2. The molecule has 488 valence electrons. The summed E-state index contributed by atoms with van der Waals surface area (Å²) in [5.41, 5.74) is 7.76. The Morgan fingerprint density at radius 2 is 0.857 bits per heavy atom. The van der Waals surface area contributed by atoms with Gasteiger partial charge in [-0.2, -0.15) is 0 Å². The van der Waals surface area contributed by atoms with Gasteiger partial charge in [-0.25, -0.2) is 19.9 Å². The Balaban J connectivity index is 0.000000292. The van der Waals surface area contributed by atoms with Crippen LogP contribution in [0.25, 0.3) is 56.4 Å². The van der Waals surface area contributed by atoms with Gasteiger partial charge < -0.3 is 23.8 Å². The molecule has 11 aromatic rings. The number of imidazole rings is 1. The van der Waals surface area contributed by atoms with Crippen LogP contribution in [0.5, 0.6) is 5.75 Å². The maximum Gasteiger partial charge on any atom is 0.357 e. The van der Waals surface area contributed by atoms with Gasteiger partial charge in [-0.3, -0.25) is 0 Å². The minimum Gasteiger partial charge on any atom is -0.337 e. The summed E-state index contributed by atoms with van der Waals surface area (Å²) in [5, 5.41) is 0. The molecular formula is C60H51Cl6F12IN6O2PS2Sb. The van der Waals surface area contributed by atoms with Gasteiger partial charge in [0.25, 0.3) is 4.84 Å². The number of aromatic nitrogens is 6. The van der Waals surface area contributed by atoms with Crippen molar-refractivity contribution in [3.8, 4) is 51.0 Å². The van der Waals surface area contributed by atoms with Crippen molar-refractivity contribution in [3.63, 3.8) is 0 Å². The van der Waals surface area contributed by atoms with Crippen LogP contribution in [-0.2, 0) is 20.2 Å². The van der Waals surface area contributed by atoms with Crippen molar-refractivity contribution in [1.82, 2.24) is 29.9 Å². The minimum absolute atomic E-state index is 0. The number of methoxy groups -OCH3 is 1. The Morgan fingerprint density at radius 1 is 0.495 bits per heavy atom. The molecule has 3 heterocycles. The van der Waals surface area contributed by atoms with E-state index in [2.05, 4.69) is 135 Å². The molecule has 0 saturated heterocycles. The number of fused-ring (bicyclic) bond motifs is 1. The van der Waals surface area contributed by atoms with E-state index in [9.17, 15) is 39.2 Å². The molecule has 31 heteroatoms. The van der Waals surface area contributed by atoms with E-state index in [1.165, 1.54) is 7.14 Å². The van der Waals surface area contributed by atoms with Crippen LogP contribution in [0, 0.1) is 12.0 Å². The van der Waals surface area contributed by atoms with E-state index in [1.807, 2.05) is 123 Å². The van der Waals surface area contributed by atoms with Crippen LogP contribution in [0.3, 0.4) is 0 Å². The van der Waals surface area contributed by atoms with Crippen LogP contribution >= 0.6 is 89.6 Å². The van der Waals surface area contributed by atoms with Crippen molar-refractivity contribution in [2.45, 2.75) is 26.3 Å². The van der Waals surface area contributed by atoms with Gasteiger partial charge in [0, 0.05) is 22.3 Å². The predicted molar refractivity (Wildman–Crippen MR) is 348 cm³/mol. The molecule has 0 atom stereocenters. The predicted octanol–water partition coefficient (Wildman–Crippen LogP) is 17.1.